The Bertz CT molecular complexity index is 348. The van der Waals surface area contributed by atoms with Crippen LogP contribution >= 0.6 is 22.9 Å². The highest BCUT2D eigenvalue weighted by Gasteiger charge is 2.31. The van der Waals surface area contributed by atoms with Gasteiger partial charge in [0.1, 0.15) is 5.01 Å². The van der Waals surface area contributed by atoms with Gasteiger partial charge in [-0.1, -0.05) is 32.1 Å². The van der Waals surface area contributed by atoms with Crippen LogP contribution in [0.1, 0.15) is 57.4 Å². The molecule has 0 unspecified atom stereocenters. The molecule has 0 bridgehead atoms. The second-order valence-electron chi connectivity index (χ2n) is 5.81. The van der Waals surface area contributed by atoms with Crippen LogP contribution in [-0.4, -0.2) is 10.2 Å². The van der Waals surface area contributed by atoms with E-state index < -0.39 is 0 Å². The van der Waals surface area contributed by atoms with Crippen LogP contribution in [0.2, 0.25) is 4.47 Å². The lowest BCUT2D eigenvalue weighted by atomic mass is 9.70. The van der Waals surface area contributed by atoms with Gasteiger partial charge in [-0.3, -0.25) is 0 Å². The Labute approximate surface area is 106 Å². The Kier molecular flexibility index (Phi) is 3.55. The van der Waals surface area contributed by atoms with Gasteiger partial charge in [0.2, 0.25) is 4.47 Å². The van der Waals surface area contributed by atoms with E-state index in [0.29, 0.717) is 15.8 Å². The van der Waals surface area contributed by atoms with E-state index in [9.17, 15) is 0 Å². The Morgan fingerprint density at radius 1 is 1.12 bits per heavy atom. The van der Waals surface area contributed by atoms with Crippen LogP contribution in [0.15, 0.2) is 0 Å². The maximum atomic E-state index is 5.83. The number of halogens is 1. The molecule has 0 atom stereocenters. The molecule has 2 rings (SSSR count). The molecule has 1 fully saturated rings. The molecule has 1 saturated carbocycles. The standard InChI is InChI=1S/C12H19ClN2S/c1-12(2,3)9-6-4-8(5-7-9)10-14-15-11(13)16-10/h8-9H,4-7H2,1-3H3. The molecule has 1 aliphatic carbocycles. The van der Waals surface area contributed by atoms with Crippen molar-refractivity contribution in [3.05, 3.63) is 9.47 Å². The van der Waals surface area contributed by atoms with E-state index in [2.05, 4.69) is 31.0 Å². The maximum Gasteiger partial charge on any atom is 0.207 e. The monoisotopic (exact) mass is 258 g/mol. The number of hydrogen-bond acceptors (Lipinski definition) is 3. The predicted molar refractivity (Wildman–Crippen MR) is 69.1 cm³/mol. The third kappa shape index (κ3) is 2.75. The second-order valence-corrected chi connectivity index (χ2v) is 7.40. The van der Waals surface area contributed by atoms with Gasteiger partial charge < -0.3 is 0 Å². The van der Waals surface area contributed by atoms with E-state index >= 15 is 0 Å². The van der Waals surface area contributed by atoms with Crippen molar-refractivity contribution in [2.45, 2.75) is 52.4 Å². The van der Waals surface area contributed by atoms with Crippen LogP contribution in [0.25, 0.3) is 0 Å². The lowest BCUT2D eigenvalue weighted by molar-refractivity contribution is 0.169. The Hall–Kier alpha value is -0.150. The predicted octanol–water partition coefficient (Wildman–Crippen LogP) is 4.51. The summed E-state index contributed by atoms with van der Waals surface area (Å²) in [4.78, 5) is 0. The number of aromatic nitrogens is 2. The molecule has 0 aromatic carbocycles. The van der Waals surface area contributed by atoms with Gasteiger partial charge in [-0.25, -0.2) is 0 Å². The molecule has 1 aromatic heterocycles. The fourth-order valence-electron chi connectivity index (χ4n) is 2.59. The van der Waals surface area contributed by atoms with Crippen LogP contribution in [0, 0.1) is 11.3 Å². The van der Waals surface area contributed by atoms with Gasteiger partial charge in [0.05, 0.1) is 0 Å². The highest BCUT2D eigenvalue weighted by atomic mass is 35.5. The summed E-state index contributed by atoms with van der Waals surface area (Å²) < 4.78 is 0.577. The Balaban J connectivity index is 1.95. The summed E-state index contributed by atoms with van der Waals surface area (Å²) in [5, 5.41) is 9.19. The van der Waals surface area contributed by atoms with Crippen molar-refractivity contribution in [1.82, 2.24) is 10.2 Å². The fourth-order valence-corrected chi connectivity index (χ4v) is 3.60. The van der Waals surface area contributed by atoms with Crippen LogP contribution < -0.4 is 0 Å². The average Bonchev–Trinajstić information content (AvgIpc) is 2.64. The summed E-state index contributed by atoms with van der Waals surface area (Å²) >= 11 is 7.37. The number of rotatable bonds is 1. The summed E-state index contributed by atoms with van der Waals surface area (Å²) in [5.74, 6) is 1.45. The molecule has 4 heteroatoms. The van der Waals surface area contributed by atoms with E-state index in [0.717, 1.165) is 10.9 Å². The zero-order valence-corrected chi connectivity index (χ0v) is 11.7. The molecule has 0 amide bonds. The summed E-state index contributed by atoms with van der Waals surface area (Å²) in [5.41, 5.74) is 0.448. The van der Waals surface area contributed by atoms with Crippen molar-refractivity contribution < 1.29 is 0 Å². The zero-order valence-electron chi connectivity index (χ0n) is 10.2. The maximum absolute atomic E-state index is 5.83. The van der Waals surface area contributed by atoms with Crippen LogP contribution in [0.4, 0.5) is 0 Å². The Morgan fingerprint density at radius 3 is 2.19 bits per heavy atom. The first-order valence-corrected chi connectivity index (χ1v) is 7.15. The van der Waals surface area contributed by atoms with Gasteiger partial charge >= 0.3 is 0 Å². The van der Waals surface area contributed by atoms with E-state index in [-0.39, 0.29) is 0 Å². The first-order valence-electron chi connectivity index (χ1n) is 5.95. The smallest absolute Gasteiger partial charge is 0.142 e. The molecule has 0 saturated heterocycles. The highest BCUT2D eigenvalue weighted by Crippen LogP contribution is 2.43. The van der Waals surface area contributed by atoms with Crippen molar-refractivity contribution in [3.63, 3.8) is 0 Å². The summed E-state index contributed by atoms with van der Waals surface area (Å²) in [7, 11) is 0. The quantitative estimate of drug-likeness (QED) is 0.741. The molecule has 1 heterocycles. The molecule has 0 N–H and O–H groups in total. The van der Waals surface area contributed by atoms with Crippen molar-refractivity contribution in [3.8, 4) is 0 Å². The van der Waals surface area contributed by atoms with Gasteiger partial charge in [0.25, 0.3) is 0 Å². The van der Waals surface area contributed by atoms with E-state index in [1.54, 1.807) is 11.3 Å². The van der Waals surface area contributed by atoms with Crippen molar-refractivity contribution in [2.75, 3.05) is 0 Å². The van der Waals surface area contributed by atoms with Crippen molar-refractivity contribution in [2.24, 2.45) is 11.3 Å². The van der Waals surface area contributed by atoms with Gasteiger partial charge in [0.15, 0.2) is 0 Å². The van der Waals surface area contributed by atoms with Crippen LogP contribution in [-0.2, 0) is 0 Å². The van der Waals surface area contributed by atoms with Gasteiger partial charge in [0, 0.05) is 5.92 Å². The molecule has 90 valence electrons. The summed E-state index contributed by atoms with van der Waals surface area (Å²) in [6.45, 7) is 7.04. The van der Waals surface area contributed by atoms with Crippen LogP contribution in [0.3, 0.4) is 0 Å². The topological polar surface area (TPSA) is 25.8 Å². The first kappa shape index (κ1) is 12.3. The zero-order chi connectivity index (χ0) is 11.8. The van der Waals surface area contributed by atoms with Crippen molar-refractivity contribution >= 4 is 22.9 Å². The second kappa shape index (κ2) is 4.61. The minimum absolute atomic E-state index is 0.448. The lowest BCUT2D eigenvalue weighted by Crippen LogP contribution is -2.25. The SMILES string of the molecule is CC(C)(C)C1CCC(c2nnc(Cl)s2)CC1. The molecule has 0 aliphatic heterocycles. The minimum Gasteiger partial charge on any atom is -0.142 e. The van der Waals surface area contributed by atoms with Gasteiger partial charge in [-0.2, -0.15) is 0 Å². The van der Waals surface area contributed by atoms with Gasteiger partial charge in [-0.15, -0.1) is 10.2 Å². The van der Waals surface area contributed by atoms with E-state index in [1.165, 1.54) is 25.7 Å². The average molecular weight is 259 g/mol. The molecule has 1 aromatic rings. The molecular formula is C12H19ClN2S. The largest absolute Gasteiger partial charge is 0.207 e. The third-order valence-corrected chi connectivity index (χ3v) is 4.90. The normalized spacial score (nSPS) is 27.0. The molecular weight excluding hydrogens is 240 g/mol. The third-order valence-electron chi connectivity index (χ3n) is 3.72. The fraction of sp³-hybridized carbons (Fsp3) is 0.833. The molecule has 0 radical (unpaired) electrons. The van der Waals surface area contributed by atoms with Crippen molar-refractivity contribution in [1.29, 1.82) is 0 Å². The number of nitrogens with zero attached hydrogens (tertiary/aromatic N) is 2. The van der Waals surface area contributed by atoms with Gasteiger partial charge in [-0.05, 0) is 48.6 Å². The molecule has 1 aliphatic rings. The summed E-state index contributed by atoms with van der Waals surface area (Å²) in [6.07, 6.45) is 5.11. The highest BCUT2D eigenvalue weighted by molar-refractivity contribution is 7.15. The van der Waals surface area contributed by atoms with Crippen LogP contribution in [0.5, 0.6) is 0 Å². The summed E-state index contributed by atoms with van der Waals surface area (Å²) in [6, 6.07) is 0. The molecule has 0 spiro atoms. The Morgan fingerprint density at radius 2 is 1.75 bits per heavy atom. The molecule has 16 heavy (non-hydrogen) atoms. The first-order chi connectivity index (χ1) is 7.47. The lowest BCUT2D eigenvalue weighted by Gasteiger charge is -2.36. The van der Waals surface area contributed by atoms with E-state index in [4.69, 9.17) is 11.6 Å². The minimum atomic E-state index is 0.448. The molecule has 2 nitrogen and oxygen atoms in total. The van der Waals surface area contributed by atoms with E-state index in [1.807, 2.05) is 0 Å². The number of hydrogen-bond donors (Lipinski definition) is 0.